The van der Waals surface area contributed by atoms with Gasteiger partial charge in [0.15, 0.2) is 5.75 Å². The molecular weight excluding hydrogens is 287 g/mol. The molecule has 8 heteroatoms. The average Bonchev–Trinajstić information content (AvgIpc) is 2.36. The van der Waals surface area contributed by atoms with Crippen LogP contribution in [-0.2, 0) is 10.6 Å². The molecule has 0 spiro atoms. The normalized spacial score (nSPS) is 10.7. The van der Waals surface area contributed by atoms with Gasteiger partial charge in [0.2, 0.25) is 0 Å². The van der Waals surface area contributed by atoms with Gasteiger partial charge in [0, 0.05) is 5.88 Å². The maximum absolute atomic E-state index is 12.3. The van der Waals surface area contributed by atoms with Crippen LogP contribution in [-0.4, -0.2) is 19.4 Å². The maximum Gasteiger partial charge on any atom is 0.573 e. The highest BCUT2D eigenvalue weighted by atomic mass is 35.5. The van der Waals surface area contributed by atoms with E-state index >= 15 is 0 Å². The zero-order valence-corrected chi connectivity index (χ0v) is 10.3. The first kappa shape index (κ1) is 15.1. The third-order valence-electron chi connectivity index (χ3n) is 2.05. The molecule has 0 aliphatic carbocycles. The van der Waals surface area contributed by atoms with E-state index in [4.69, 9.17) is 16.9 Å². The minimum atomic E-state index is -5.03. The van der Waals surface area contributed by atoms with Crippen molar-refractivity contribution in [3.8, 4) is 11.8 Å². The van der Waals surface area contributed by atoms with Crippen molar-refractivity contribution in [3.05, 3.63) is 28.8 Å². The zero-order valence-electron chi connectivity index (χ0n) is 9.55. The third-order valence-corrected chi connectivity index (χ3v) is 2.36. The van der Waals surface area contributed by atoms with Crippen LogP contribution in [0.2, 0.25) is 0 Å². The fourth-order valence-electron chi connectivity index (χ4n) is 1.34. The largest absolute Gasteiger partial charge is 0.573 e. The molecule has 0 radical (unpaired) electrons. The lowest BCUT2D eigenvalue weighted by molar-refractivity contribution is -0.274. The van der Waals surface area contributed by atoms with Crippen LogP contribution in [0.25, 0.3) is 0 Å². The van der Waals surface area contributed by atoms with Crippen molar-refractivity contribution in [1.29, 1.82) is 5.26 Å². The van der Waals surface area contributed by atoms with Crippen LogP contribution in [0.3, 0.4) is 0 Å². The fraction of sp³-hybridized carbons (Fsp3) is 0.273. The maximum atomic E-state index is 12.3. The summed E-state index contributed by atoms with van der Waals surface area (Å²) in [6.45, 7) is 0. The molecule has 102 valence electrons. The van der Waals surface area contributed by atoms with Gasteiger partial charge in [-0.1, -0.05) is 0 Å². The van der Waals surface area contributed by atoms with Crippen molar-refractivity contribution in [2.45, 2.75) is 12.2 Å². The average molecular weight is 294 g/mol. The Morgan fingerprint density at radius 3 is 2.53 bits per heavy atom. The summed E-state index contributed by atoms with van der Waals surface area (Å²) in [4.78, 5) is 11.4. The first-order valence-electron chi connectivity index (χ1n) is 4.79. The molecule has 0 fully saturated rings. The lowest BCUT2D eigenvalue weighted by atomic mass is 10.1. The Kier molecular flexibility index (Phi) is 4.62. The van der Waals surface area contributed by atoms with Gasteiger partial charge in [-0.2, -0.15) is 5.26 Å². The molecule has 1 aromatic rings. The molecule has 4 nitrogen and oxygen atoms in total. The Balaban J connectivity index is 3.47. The number of halogens is 4. The van der Waals surface area contributed by atoms with Crippen LogP contribution >= 0.6 is 11.6 Å². The van der Waals surface area contributed by atoms with E-state index in [2.05, 4.69) is 9.47 Å². The molecule has 0 aliphatic heterocycles. The Bertz CT molecular complexity index is 537. The summed E-state index contributed by atoms with van der Waals surface area (Å²) >= 11 is 5.54. The second-order valence-electron chi connectivity index (χ2n) is 3.30. The summed E-state index contributed by atoms with van der Waals surface area (Å²) in [5.74, 6) is -2.02. The summed E-state index contributed by atoms with van der Waals surface area (Å²) in [6, 6.07) is 3.72. The summed E-state index contributed by atoms with van der Waals surface area (Å²) in [5, 5.41) is 8.82. The monoisotopic (exact) mass is 293 g/mol. The highest BCUT2D eigenvalue weighted by Crippen LogP contribution is 2.32. The molecule has 0 bridgehead atoms. The topological polar surface area (TPSA) is 59.3 Å². The number of carbonyl (C=O) groups excluding carboxylic acids is 1. The lowest BCUT2D eigenvalue weighted by Crippen LogP contribution is -2.20. The van der Waals surface area contributed by atoms with Gasteiger partial charge in [0.25, 0.3) is 0 Å². The summed E-state index contributed by atoms with van der Waals surface area (Å²) in [7, 11) is 0.999. The molecule has 0 aromatic heterocycles. The van der Waals surface area contributed by atoms with Crippen LogP contribution < -0.4 is 4.74 Å². The van der Waals surface area contributed by atoms with E-state index in [-0.39, 0.29) is 5.88 Å². The van der Waals surface area contributed by atoms with E-state index in [9.17, 15) is 18.0 Å². The summed E-state index contributed by atoms with van der Waals surface area (Å²) in [5.41, 5.74) is -0.654. The first-order chi connectivity index (χ1) is 8.82. The van der Waals surface area contributed by atoms with Crippen LogP contribution in [0.1, 0.15) is 21.5 Å². The van der Waals surface area contributed by atoms with Gasteiger partial charge < -0.3 is 9.47 Å². The van der Waals surface area contributed by atoms with Gasteiger partial charge in [-0.05, 0) is 17.7 Å². The van der Waals surface area contributed by atoms with Crippen LogP contribution in [0, 0.1) is 11.3 Å². The Hall–Kier alpha value is -1.94. The van der Waals surface area contributed by atoms with Crippen molar-refractivity contribution in [2.24, 2.45) is 0 Å². The molecule has 0 amide bonds. The van der Waals surface area contributed by atoms with Gasteiger partial charge in [-0.25, -0.2) is 4.79 Å². The molecule has 19 heavy (non-hydrogen) atoms. The number of benzene rings is 1. The number of carbonyl (C=O) groups is 1. The fourth-order valence-corrected chi connectivity index (χ4v) is 1.49. The highest BCUT2D eigenvalue weighted by molar-refractivity contribution is 6.17. The Labute approximate surface area is 111 Å². The number of methoxy groups -OCH3 is 1. The van der Waals surface area contributed by atoms with Crippen molar-refractivity contribution in [3.63, 3.8) is 0 Å². The summed E-state index contributed by atoms with van der Waals surface area (Å²) in [6.07, 6.45) is -5.03. The SMILES string of the molecule is COC(=O)c1cc(CCl)cc(C#N)c1OC(F)(F)F. The number of nitrogens with zero attached hydrogens (tertiary/aromatic N) is 1. The predicted octanol–water partition coefficient (Wildman–Crippen LogP) is 2.98. The Morgan fingerprint density at radius 2 is 2.11 bits per heavy atom. The molecular formula is C11H7ClF3NO3. The van der Waals surface area contributed by atoms with Crippen molar-refractivity contribution >= 4 is 17.6 Å². The van der Waals surface area contributed by atoms with Gasteiger partial charge in [-0.3, -0.25) is 0 Å². The van der Waals surface area contributed by atoms with E-state index in [0.717, 1.165) is 19.2 Å². The second-order valence-corrected chi connectivity index (χ2v) is 3.57. The smallest absolute Gasteiger partial charge is 0.465 e. The molecule has 0 atom stereocenters. The number of hydrogen-bond acceptors (Lipinski definition) is 4. The third kappa shape index (κ3) is 3.76. The van der Waals surface area contributed by atoms with E-state index < -0.39 is 29.2 Å². The quantitative estimate of drug-likeness (QED) is 0.635. The molecule has 0 N–H and O–H groups in total. The zero-order chi connectivity index (χ0) is 14.6. The molecule has 0 saturated carbocycles. The van der Waals surface area contributed by atoms with Gasteiger partial charge in [-0.15, -0.1) is 24.8 Å². The molecule has 1 rings (SSSR count). The van der Waals surface area contributed by atoms with E-state index in [1.165, 1.54) is 6.07 Å². The summed E-state index contributed by atoms with van der Waals surface area (Å²) < 4.78 is 44.9. The molecule has 0 heterocycles. The van der Waals surface area contributed by atoms with E-state index in [1.54, 1.807) is 0 Å². The number of hydrogen-bond donors (Lipinski definition) is 0. The molecule has 1 aromatic carbocycles. The first-order valence-corrected chi connectivity index (χ1v) is 5.33. The predicted molar refractivity (Wildman–Crippen MR) is 58.7 cm³/mol. The second kappa shape index (κ2) is 5.80. The standard InChI is InChI=1S/C11H7ClF3NO3/c1-18-10(17)8-3-6(4-12)2-7(5-16)9(8)19-11(13,14)15/h2-3H,4H2,1H3. The van der Waals surface area contributed by atoms with Crippen LogP contribution in [0.15, 0.2) is 12.1 Å². The lowest BCUT2D eigenvalue weighted by Gasteiger charge is -2.14. The van der Waals surface area contributed by atoms with Crippen LogP contribution in [0.4, 0.5) is 13.2 Å². The van der Waals surface area contributed by atoms with Gasteiger partial charge >= 0.3 is 12.3 Å². The van der Waals surface area contributed by atoms with E-state index in [1.807, 2.05) is 0 Å². The number of esters is 1. The number of rotatable bonds is 3. The van der Waals surface area contributed by atoms with Gasteiger partial charge in [0.05, 0.1) is 12.7 Å². The van der Waals surface area contributed by atoms with E-state index in [0.29, 0.717) is 5.56 Å². The molecule has 0 saturated heterocycles. The number of nitriles is 1. The molecule has 0 unspecified atom stereocenters. The van der Waals surface area contributed by atoms with Crippen molar-refractivity contribution in [2.75, 3.05) is 7.11 Å². The van der Waals surface area contributed by atoms with Gasteiger partial charge in [0.1, 0.15) is 11.6 Å². The highest BCUT2D eigenvalue weighted by Gasteiger charge is 2.35. The van der Waals surface area contributed by atoms with Crippen molar-refractivity contribution in [1.82, 2.24) is 0 Å². The number of ether oxygens (including phenoxy) is 2. The van der Waals surface area contributed by atoms with Crippen LogP contribution in [0.5, 0.6) is 5.75 Å². The Morgan fingerprint density at radius 1 is 1.47 bits per heavy atom. The molecule has 0 aliphatic rings. The minimum Gasteiger partial charge on any atom is -0.465 e. The number of alkyl halides is 4. The van der Waals surface area contributed by atoms with Crippen molar-refractivity contribution < 1.29 is 27.4 Å². The minimum absolute atomic E-state index is 0.0784.